The number of nitrogens with one attached hydrogen (secondary N) is 2. The summed E-state index contributed by atoms with van der Waals surface area (Å²) in [7, 11) is 0. The Labute approximate surface area is 263 Å². The quantitative estimate of drug-likeness (QED) is 0.344. The fourth-order valence-corrected chi connectivity index (χ4v) is 9.63. The van der Waals surface area contributed by atoms with Crippen molar-refractivity contribution in [1.29, 1.82) is 0 Å². The van der Waals surface area contributed by atoms with Gasteiger partial charge in [0, 0.05) is 18.0 Å². The Morgan fingerprint density at radius 2 is 1.66 bits per heavy atom. The Morgan fingerprint density at radius 1 is 0.955 bits per heavy atom. The molecule has 2 saturated carbocycles. The lowest BCUT2D eigenvalue weighted by molar-refractivity contribution is -0.151. The third kappa shape index (κ3) is 5.28. The lowest BCUT2D eigenvalue weighted by Crippen LogP contribution is -2.61. The summed E-state index contributed by atoms with van der Waals surface area (Å²) in [4.78, 5) is 58.7. The van der Waals surface area contributed by atoms with Crippen LogP contribution in [-0.2, 0) is 19.2 Å². The van der Waals surface area contributed by atoms with Crippen LogP contribution in [0.3, 0.4) is 0 Å². The maximum absolute atomic E-state index is 14.4. The first-order chi connectivity index (χ1) is 20.6. The van der Waals surface area contributed by atoms with Gasteiger partial charge in [-0.25, -0.2) is 4.79 Å². The molecule has 0 aromatic carbocycles. The molecule has 2 saturated heterocycles. The second kappa shape index (κ2) is 11.7. The lowest BCUT2D eigenvalue weighted by atomic mass is 9.73. The second-order valence-electron chi connectivity index (χ2n) is 16.3. The summed E-state index contributed by atoms with van der Waals surface area (Å²) < 4.78 is 0. The number of piperidine rings is 1. The van der Waals surface area contributed by atoms with Gasteiger partial charge in [0.2, 0.25) is 17.7 Å². The molecule has 0 aromatic heterocycles. The predicted octanol–water partition coefficient (Wildman–Crippen LogP) is 4.65. The third-order valence-corrected chi connectivity index (χ3v) is 12.5. The number of rotatable bonds is 8. The van der Waals surface area contributed by atoms with Gasteiger partial charge < -0.3 is 20.6 Å². The summed E-state index contributed by atoms with van der Waals surface area (Å²) in [5.74, 6) is -1.85. The molecule has 246 valence electrons. The molecule has 0 radical (unpaired) electrons. The van der Waals surface area contributed by atoms with Crippen LogP contribution in [0.25, 0.3) is 0 Å². The molecule has 0 aromatic rings. The van der Waals surface area contributed by atoms with E-state index in [9.17, 15) is 24.3 Å². The highest BCUT2D eigenvalue weighted by Gasteiger charge is 2.85. The molecule has 5 atom stereocenters. The number of nitrogens with zero attached hydrogens (tertiary/aromatic N) is 2. The molecule has 3 amide bonds. The second-order valence-corrected chi connectivity index (χ2v) is 16.3. The van der Waals surface area contributed by atoms with E-state index in [1.165, 1.54) is 0 Å². The minimum absolute atomic E-state index is 0.0206. The Kier molecular flexibility index (Phi) is 8.80. The van der Waals surface area contributed by atoms with Gasteiger partial charge in [0.15, 0.2) is 0 Å². The number of carboxylic acids is 1. The number of carbonyl (C=O) groups is 4. The zero-order chi connectivity index (χ0) is 32.2. The monoisotopic (exact) mass is 612 g/mol. The fraction of sp³-hybridized carbons (Fsp3) is 0.829. The van der Waals surface area contributed by atoms with Gasteiger partial charge in [-0.2, -0.15) is 0 Å². The van der Waals surface area contributed by atoms with Crippen LogP contribution in [0.1, 0.15) is 119 Å². The molecule has 5 rings (SSSR count). The molecule has 2 spiro atoms. The van der Waals surface area contributed by atoms with Gasteiger partial charge in [0.05, 0.1) is 6.04 Å². The SMILES string of the molecule is CC(C)N1CCCCC1C(=O)NC(C(=O)NC(C(=O)N1CC2(CC1C(=O)O)C(C)(C)C21CCC1)C(C)(C)C)C1=CCCCC1. The van der Waals surface area contributed by atoms with E-state index in [1.807, 2.05) is 20.8 Å². The number of fused-ring (bicyclic) bond motifs is 1. The Bertz CT molecular complexity index is 1200. The van der Waals surface area contributed by atoms with Crippen molar-refractivity contribution in [2.45, 2.75) is 149 Å². The first kappa shape index (κ1) is 33.0. The smallest absolute Gasteiger partial charge is 0.326 e. The van der Waals surface area contributed by atoms with E-state index in [4.69, 9.17) is 0 Å². The molecule has 5 aliphatic rings. The number of hydrogen-bond donors (Lipinski definition) is 3. The van der Waals surface area contributed by atoms with E-state index in [0.717, 1.165) is 76.3 Å². The molecule has 4 fully saturated rings. The van der Waals surface area contributed by atoms with Crippen molar-refractivity contribution >= 4 is 23.7 Å². The molecule has 3 aliphatic carbocycles. The number of allylic oxidation sites excluding steroid dienone is 1. The van der Waals surface area contributed by atoms with Gasteiger partial charge in [-0.1, -0.05) is 53.5 Å². The van der Waals surface area contributed by atoms with Crippen molar-refractivity contribution in [3.8, 4) is 0 Å². The van der Waals surface area contributed by atoms with Crippen LogP contribution >= 0.6 is 0 Å². The highest BCUT2D eigenvalue weighted by Crippen LogP contribution is 2.88. The molecule has 2 aliphatic heterocycles. The van der Waals surface area contributed by atoms with E-state index in [0.29, 0.717) is 13.0 Å². The van der Waals surface area contributed by atoms with Crippen LogP contribution in [0.2, 0.25) is 0 Å². The van der Waals surface area contributed by atoms with Gasteiger partial charge >= 0.3 is 5.97 Å². The average Bonchev–Trinajstić information content (AvgIpc) is 3.18. The standard InChI is InChI=1S/C35H56N4O5/c1-22(2)38-19-12-11-16-24(38)28(40)36-26(23-14-9-8-10-15-23)29(41)37-27(32(3,4)5)30(42)39-21-35(20-25(39)31(43)44)33(6,7)34(35)17-13-18-34/h14,22,24-27H,8-13,15-21H2,1-7H3,(H,36,40)(H,37,41)(H,43,44). The van der Waals surface area contributed by atoms with Crippen LogP contribution in [0.5, 0.6) is 0 Å². The molecular weight excluding hydrogens is 556 g/mol. The third-order valence-electron chi connectivity index (χ3n) is 12.5. The zero-order valence-electron chi connectivity index (χ0n) is 28.1. The largest absolute Gasteiger partial charge is 0.480 e. The van der Waals surface area contributed by atoms with Crippen molar-refractivity contribution < 1.29 is 24.3 Å². The maximum Gasteiger partial charge on any atom is 0.326 e. The molecule has 44 heavy (non-hydrogen) atoms. The molecular formula is C35H56N4O5. The van der Waals surface area contributed by atoms with Gasteiger partial charge in [-0.3, -0.25) is 19.3 Å². The Balaban J connectivity index is 1.39. The summed E-state index contributed by atoms with van der Waals surface area (Å²) in [6, 6.07) is -2.78. The highest BCUT2D eigenvalue weighted by atomic mass is 16.4. The van der Waals surface area contributed by atoms with E-state index >= 15 is 0 Å². The highest BCUT2D eigenvalue weighted by molar-refractivity contribution is 5.96. The summed E-state index contributed by atoms with van der Waals surface area (Å²) in [5, 5.41) is 16.5. The van der Waals surface area contributed by atoms with Crippen molar-refractivity contribution in [1.82, 2.24) is 20.4 Å². The van der Waals surface area contributed by atoms with Crippen molar-refractivity contribution in [2.24, 2.45) is 21.7 Å². The minimum Gasteiger partial charge on any atom is -0.480 e. The summed E-state index contributed by atoms with van der Waals surface area (Å²) in [6.07, 6.45) is 12.2. The fourth-order valence-electron chi connectivity index (χ4n) is 9.63. The Hall–Kier alpha value is -2.42. The van der Waals surface area contributed by atoms with Gasteiger partial charge in [0.25, 0.3) is 0 Å². The number of likely N-dealkylation sites (tertiary alicyclic amines) is 2. The van der Waals surface area contributed by atoms with Crippen LogP contribution in [0.4, 0.5) is 0 Å². The summed E-state index contributed by atoms with van der Waals surface area (Å²) in [5.41, 5.74) is 0.105. The van der Waals surface area contributed by atoms with Crippen LogP contribution in [0.15, 0.2) is 11.6 Å². The average molecular weight is 613 g/mol. The van der Waals surface area contributed by atoms with Crippen LogP contribution < -0.4 is 10.6 Å². The first-order valence-corrected chi connectivity index (χ1v) is 17.2. The van der Waals surface area contributed by atoms with Crippen molar-refractivity contribution in [2.75, 3.05) is 13.1 Å². The van der Waals surface area contributed by atoms with E-state index in [2.05, 4.69) is 49.3 Å². The van der Waals surface area contributed by atoms with Crippen molar-refractivity contribution in [3.05, 3.63) is 11.6 Å². The molecule has 9 heteroatoms. The topological polar surface area (TPSA) is 119 Å². The normalized spacial score (nSPS) is 30.8. The Morgan fingerprint density at radius 3 is 2.18 bits per heavy atom. The minimum atomic E-state index is -0.980. The number of amides is 3. The molecule has 5 unspecified atom stereocenters. The zero-order valence-corrected chi connectivity index (χ0v) is 28.1. The van der Waals surface area contributed by atoms with Gasteiger partial charge in [-0.15, -0.1) is 0 Å². The number of carboxylic acid groups (broad SMARTS) is 1. The molecule has 0 bridgehead atoms. The summed E-state index contributed by atoms with van der Waals surface area (Å²) >= 11 is 0. The van der Waals surface area contributed by atoms with E-state index in [1.54, 1.807) is 4.90 Å². The van der Waals surface area contributed by atoms with Gasteiger partial charge in [0.1, 0.15) is 18.1 Å². The van der Waals surface area contributed by atoms with Crippen molar-refractivity contribution in [3.63, 3.8) is 0 Å². The predicted molar refractivity (Wildman–Crippen MR) is 170 cm³/mol. The number of aliphatic carboxylic acids is 1. The van der Waals surface area contributed by atoms with Crippen LogP contribution in [0, 0.1) is 21.7 Å². The van der Waals surface area contributed by atoms with Crippen LogP contribution in [-0.4, -0.2) is 81.9 Å². The lowest BCUT2D eigenvalue weighted by Gasteiger charge is -2.39. The summed E-state index contributed by atoms with van der Waals surface area (Å²) in [6.45, 7) is 15.7. The van der Waals surface area contributed by atoms with E-state index in [-0.39, 0.29) is 40.1 Å². The molecule has 2 heterocycles. The van der Waals surface area contributed by atoms with Gasteiger partial charge in [-0.05, 0) is 100.0 Å². The molecule has 9 nitrogen and oxygen atoms in total. The number of hydrogen-bond acceptors (Lipinski definition) is 5. The van der Waals surface area contributed by atoms with E-state index < -0.39 is 35.4 Å². The number of carbonyl (C=O) groups excluding carboxylic acids is 3. The maximum atomic E-state index is 14.4. The first-order valence-electron chi connectivity index (χ1n) is 17.2. The molecule has 3 N–H and O–H groups in total.